The second-order valence-electron chi connectivity index (χ2n) is 6.33. The van der Waals surface area contributed by atoms with Gasteiger partial charge < -0.3 is 10.5 Å². The van der Waals surface area contributed by atoms with E-state index >= 15 is 0 Å². The Kier molecular flexibility index (Phi) is 4.66. The van der Waals surface area contributed by atoms with Gasteiger partial charge in [0.1, 0.15) is 5.75 Å². The van der Waals surface area contributed by atoms with Crippen LogP contribution in [0.3, 0.4) is 0 Å². The smallest absolute Gasteiger partial charge is 0.126 e. The molecule has 0 amide bonds. The lowest BCUT2D eigenvalue weighted by Crippen LogP contribution is -2.33. The van der Waals surface area contributed by atoms with E-state index in [2.05, 4.69) is 26.8 Å². The molecular formula is C17H26ClNO. The highest BCUT2D eigenvalue weighted by molar-refractivity contribution is 6.31. The maximum atomic E-state index is 6.49. The van der Waals surface area contributed by atoms with Crippen molar-refractivity contribution in [2.24, 2.45) is 5.73 Å². The lowest BCUT2D eigenvalue weighted by molar-refractivity contribution is 0.370. The monoisotopic (exact) mass is 295 g/mol. The highest BCUT2D eigenvalue weighted by Gasteiger charge is 2.39. The Morgan fingerprint density at radius 1 is 1.35 bits per heavy atom. The standard InChI is InChI=1S/C17H26ClNO/c1-11(2)13-9-14(18)12(3)15(16(13)20-4)17(10-19)7-5-6-8-17/h9,11H,5-8,10,19H2,1-4H3. The van der Waals surface area contributed by atoms with Gasteiger partial charge >= 0.3 is 0 Å². The quantitative estimate of drug-likeness (QED) is 0.884. The van der Waals surface area contributed by atoms with Crippen LogP contribution in [0.1, 0.15) is 62.1 Å². The molecule has 0 saturated heterocycles. The van der Waals surface area contributed by atoms with Gasteiger partial charge in [0.15, 0.2) is 0 Å². The van der Waals surface area contributed by atoms with Gasteiger partial charge in [-0.1, -0.05) is 38.3 Å². The molecule has 0 aromatic heterocycles. The van der Waals surface area contributed by atoms with Crippen LogP contribution >= 0.6 is 11.6 Å². The van der Waals surface area contributed by atoms with Gasteiger partial charge in [-0.2, -0.15) is 0 Å². The fourth-order valence-electron chi connectivity index (χ4n) is 3.64. The molecule has 1 fully saturated rings. The van der Waals surface area contributed by atoms with Crippen LogP contribution in [0.25, 0.3) is 0 Å². The predicted octanol–water partition coefficient (Wildman–Crippen LogP) is 4.55. The molecular weight excluding hydrogens is 270 g/mol. The summed E-state index contributed by atoms with van der Waals surface area (Å²) in [5.41, 5.74) is 9.81. The lowest BCUT2D eigenvalue weighted by atomic mass is 9.75. The second-order valence-corrected chi connectivity index (χ2v) is 6.73. The van der Waals surface area contributed by atoms with Gasteiger partial charge in [-0.05, 0) is 42.9 Å². The number of methoxy groups -OCH3 is 1. The lowest BCUT2D eigenvalue weighted by Gasteiger charge is -2.33. The zero-order valence-corrected chi connectivity index (χ0v) is 13.8. The third-order valence-electron chi connectivity index (χ3n) is 4.81. The number of benzene rings is 1. The molecule has 1 saturated carbocycles. The summed E-state index contributed by atoms with van der Waals surface area (Å²) in [5, 5.41) is 0.837. The Balaban J connectivity index is 2.72. The summed E-state index contributed by atoms with van der Waals surface area (Å²) >= 11 is 6.49. The van der Waals surface area contributed by atoms with Gasteiger partial charge in [0.2, 0.25) is 0 Å². The molecule has 3 heteroatoms. The Morgan fingerprint density at radius 2 is 1.95 bits per heavy atom. The third kappa shape index (κ3) is 2.44. The molecule has 0 radical (unpaired) electrons. The largest absolute Gasteiger partial charge is 0.496 e. The van der Waals surface area contributed by atoms with Crippen LogP contribution in [0.2, 0.25) is 5.02 Å². The van der Waals surface area contributed by atoms with Crippen LogP contribution in [-0.4, -0.2) is 13.7 Å². The van der Waals surface area contributed by atoms with Crippen molar-refractivity contribution in [3.63, 3.8) is 0 Å². The molecule has 2 nitrogen and oxygen atoms in total. The fraction of sp³-hybridized carbons (Fsp3) is 0.647. The first-order chi connectivity index (χ1) is 9.46. The molecule has 0 spiro atoms. The summed E-state index contributed by atoms with van der Waals surface area (Å²) in [6.07, 6.45) is 4.75. The van der Waals surface area contributed by atoms with E-state index in [0.29, 0.717) is 12.5 Å². The summed E-state index contributed by atoms with van der Waals surface area (Å²) in [7, 11) is 1.76. The molecule has 0 bridgehead atoms. The van der Waals surface area contributed by atoms with Crippen LogP contribution in [-0.2, 0) is 5.41 Å². The normalized spacial score (nSPS) is 17.8. The first kappa shape index (κ1) is 15.7. The van der Waals surface area contributed by atoms with Gasteiger partial charge in [-0.25, -0.2) is 0 Å². The molecule has 2 rings (SSSR count). The van der Waals surface area contributed by atoms with Crippen molar-refractivity contribution < 1.29 is 4.74 Å². The SMILES string of the molecule is COc1c(C(C)C)cc(Cl)c(C)c1C1(CN)CCCC1. The van der Waals surface area contributed by atoms with Crippen molar-refractivity contribution in [3.8, 4) is 5.75 Å². The van der Waals surface area contributed by atoms with E-state index in [9.17, 15) is 0 Å². The summed E-state index contributed by atoms with van der Waals surface area (Å²) in [6, 6.07) is 2.06. The van der Waals surface area contributed by atoms with Crippen LogP contribution in [0.4, 0.5) is 0 Å². The number of hydrogen-bond donors (Lipinski definition) is 1. The Morgan fingerprint density at radius 3 is 2.40 bits per heavy atom. The molecule has 0 atom stereocenters. The average molecular weight is 296 g/mol. The minimum absolute atomic E-state index is 0.0456. The molecule has 2 N–H and O–H groups in total. The molecule has 20 heavy (non-hydrogen) atoms. The van der Waals surface area contributed by atoms with E-state index in [-0.39, 0.29) is 5.41 Å². The summed E-state index contributed by atoms with van der Waals surface area (Å²) < 4.78 is 5.80. The van der Waals surface area contributed by atoms with Gasteiger partial charge in [0.25, 0.3) is 0 Å². The van der Waals surface area contributed by atoms with E-state index in [0.717, 1.165) is 29.2 Å². The molecule has 0 unspecified atom stereocenters. The molecule has 112 valence electrons. The molecule has 1 aliphatic carbocycles. The minimum Gasteiger partial charge on any atom is -0.496 e. The van der Waals surface area contributed by atoms with E-state index < -0.39 is 0 Å². The highest BCUT2D eigenvalue weighted by atomic mass is 35.5. The fourth-order valence-corrected chi connectivity index (χ4v) is 3.85. The van der Waals surface area contributed by atoms with Crippen molar-refractivity contribution in [3.05, 3.63) is 27.8 Å². The van der Waals surface area contributed by atoms with Crippen LogP contribution in [0, 0.1) is 6.92 Å². The molecule has 1 aromatic carbocycles. The molecule has 0 aliphatic heterocycles. The first-order valence-corrected chi connectivity index (χ1v) is 7.92. The van der Waals surface area contributed by atoms with Crippen molar-refractivity contribution >= 4 is 11.6 Å². The predicted molar refractivity (Wildman–Crippen MR) is 86.0 cm³/mol. The van der Waals surface area contributed by atoms with Gasteiger partial charge in [0.05, 0.1) is 7.11 Å². The maximum Gasteiger partial charge on any atom is 0.126 e. The van der Waals surface area contributed by atoms with E-state index in [1.807, 2.05) is 0 Å². The Hall–Kier alpha value is -0.730. The first-order valence-electron chi connectivity index (χ1n) is 7.54. The van der Waals surface area contributed by atoms with E-state index in [4.69, 9.17) is 22.1 Å². The van der Waals surface area contributed by atoms with Crippen LogP contribution in [0.15, 0.2) is 6.07 Å². The molecule has 1 aliphatic rings. The van der Waals surface area contributed by atoms with Crippen molar-refractivity contribution in [1.29, 1.82) is 0 Å². The number of halogens is 1. The number of nitrogens with two attached hydrogens (primary N) is 1. The summed E-state index contributed by atoms with van der Waals surface area (Å²) in [5.74, 6) is 1.40. The highest BCUT2D eigenvalue weighted by Crippen LogP contribution is 2.49. The Labute approximate surface area is 127 Å². The van der Waals surface area contributed by atoms with Gasteiger partial charge in [-0.15, -0.1) is 0 Å². The number of ether oxygens (including phenoxy) is 1. The topological polar surface area (TPSA) is 35.2 Å². The summed E-state index contributed by atoms with van der Waals surface area (Å²) in [4.78, 5) is 0. The minimum atomic E-state index is 0.0456. The van der Waals surface area contributed by atoms with E-state index in [1.165, 1.54) is 24.0 Å². The number of rotatable bonds is 4. The zero-order chi connectivity index (χ0) is 14.9. The number of hydrogen-bond acceptors (Lipinski definition) is 2. The van der Waals surface area contributed by atoms with Gasteiger partial charge in [-0.3, -0.25) is 0 Å². The second kappa shape index (κ2) is 5.95. The third-order valence-corrected chi connectivity index (χ3v) is 5.21. The van der Waals surface area contributed by atoms with Crippen LogP contribution < -0.4 is 10.5 Å². The zero-order valence-electron chi connectivity index (χ0n) is 13.1. The Bertz CT molecular complexity index is 490. The maximum absolute atomic E-state index is 6.49. The average Bonchev–Trinajstić information content (AvgIpc) is 2.90. The molecule has 1 aromatic rings. The van der Waals surface area contributed by atoms with Crippen molar-refractivity contribution in [1.82, 2.24) is 0 Å². The van der Waals surface area contributed by atoms with E-state index in [1.54, 1.807) is 7.11 Å². The summed E-state index contributed by atoms with van der Waals surface area (Å²) in [6.45, 7) is 7.12. The van der Waals surface area contributed by atoms with Crippen molar-refractivity contribution in [2.45, 2.75) is 57.8 Å². The van der Waals surface area contributed by atoms with Crippen molar-refractivity contribution in [2.75, 3.05) is 13.7 Å². The van der Waals surface area contributed by atoms with Gasteiger partial charge in [0, 0.05) is 22.5 Å². The van der Waals surface area contributed by atoms with Crippen LogP contribution in [0.5, 0.6) is 5.75 Å². The molecule has 0 heterocycles.